The van der Waals surface area contributed by atoms with Gasteiger partial charge in [-0.1, -0.05) is 121 Å². The van der Waals surface area contributed by atoms with Gasteiger partial charge in [0.05, 0.1) is 11.0 Å². The van der Waals surface area contributed by atoms with Gasteiger partial charge in [-0.2, -0.15) is 0 Å². The Hall–Kier alpha value is -5.58. The summed E-state index contributed by atoms with van der Waals surface area (Å²) in [7, 11) is 0. The number of hydrogen-bond donors (Lipinski definition) is 0. The van der Waals surface area contributed by atoms with Gasteiger partial charge in [0.15, 0.2) is 0 Å². The van der Waals surface area contributed by atoms with E-state index >= 15 is 0 Å². The van der Waals surface area contributed by atoms with E-state index in [0.29, 0.717) is 0 Å². The summed E-state index contributed by atoms with van der Waals surface area (Å²) in [5.41, 5.74) is 15.8. The first-order valence-corrected chi connectivity index (χ1v) is 17.1. The predicted octanol–water partition coefficient (Wildman–Crippen LogP) is 11.3. The molecular formula is C44H30BrN3. The zero-order valence-electron chi connectivity index (χ0n) is 26.1. The minimum Gasteiger partial charge on any atom is -0.292 e. The second kappa shape index (κ2) is 11.9. The molecule has 0 radical (unpaired) electrons. The minimum absolute atomic E-state index is 0.0609. The zero-order valence-corrected chi connectivity index (χ0v) is 27.7. The van der Waals surface area contributed by atoms with E-state index in [4.69, 9.17) is 4.98 Å². The van der Waals surface area contributed by atoms with Crippen LogP contribution in [-0.4, -0.2) is 14.5 Å². The van der Waals surface area contributed by atoms with Crippen molar-refractivity contribution in [3.63, 3.8) is 0 Å². The normalized spacial score (nSPS) is 13.6. The molecule has 48 heavy (non-hydrogen) atoms. The summed E-state index contributed by atoms with van der Waals surface area (Å²) in [6.07, 6.45) is 2.93. The summed E-state index contributed by atoms with van der Waals surface area (Å²) in [5.74, 6) is 0.998. The van der Waals surface area contributed by atoms with Gasteiger partial charge in [-0.15, -0.1) is 0 Å². The Morgan fingerprint density at radius 3 is 2.10 bits per heavy atom. The third-order valence-electron chi connectivity index (χ3n) is 9.54. The van der Waals surface area contributed by atoms with E-state index in [1.807, 2.05) is 12.3 Å². The predicted molar refractivity (Wildman–Crippen MR) is 200 cm³/mol. The van der Waals surface area contributed by atoms with Gasteiger partial charge in [-0.05, 0) is 109 Å². The third kappa shape index (κ3) is 4.97. The first-order valence-electron chi connectivity index (χ1n) is 16.3. The smallest absolute Gasteiger partial charge is 0.145 e. The molecule has 9 rings (SSSR count). The highest BCUT2D eigenvalue weighted by molar-refractivity contribution is 9.10. The summed E-state index contributed by atoms with van der Waals surface area (Å²) < 4.78 is 3.09. The molecule has 1 unspecified atom stereocenters. The van der Waals surface area contributed by atoms with E-state index in [9.17, 15) is 0 Å². The average Bonchev–Trinajstić information content (AvgIpc) is 3.54. The summed E-state index contributed by atoms with van der Waals surface area (Å²) in [4.78, 5) is 9.75. The molecule has 0 saturated heterocycles. The molecule has 1 aliphatic carbocycles. The van der Waals surface area contributed by atoms with Crippen LogP contribution in [0.4, 0.5) is 0 Å². The van der Waals surface area contributed by atoms with E-state index in [1.54, 1.807) is 0 Å². The molecule has 2 heterocycles. The van der Waals surface area contributed by atoms with Gasteiger partial charge < -0.3 is 0 Å². The lowest BCUT2D eigenvalue weighted by Gasteiger charge is -2.31. The maximum atomic E-state index is 5.08. The summed E-state index contributed by atoms with van der Waals surface area (Å²) in [5, 5.41) is 0. The number of nitrogens with zero attached hydrogens (tertiary/aromatic N) is 3. The van der Waals surface area contributed by atoms with Crippen LogP contribution < -0.4 is 0 Å². The fourth-order valence-corrected chi connectivity index (χ4v) is 7.55. The lowest BCUT2D eigenvalue weighted by atomic mass is 9.72. The van der Waals surface area contributed by atoms with Crippen LogP contribution in [0.2, 0.25) is 0 Å². The van der Waals surface area contributed by atoms with Gasteiger partial charge in [0.2, 0.25) is 0 Å². The minimum atomic E-state index is 0.0609. The molecule has 0 fully saturated rings. The summed E-state index contributed by atoms with van der Waals surface area (Å²) >= 11 is 3.56. The first kappa shape index (κ1) is 28.6. The Balaban J connectivity index is 1.15. The third-order valence-corrected chi connectivity index (χ3v) is 10.0. The van der Waals surface area contributed by atoms with E-state index in [2.05, 4.69) is 177 Å². The lowest BCUT2D eigenvalue weighted by molar-refractivity contribution is 0.880. The highest BCUT2D eigenvalue weighted by Crippen LogP contribution is 2.46. The van der Waals surface area contributed by atoms with Crippen LogP contribution in [0.15, 0.2) is 169 Å². The van der Waals surface area contributed by atoms with Crippen LogP contribution in [0.5, 0.6) is 0 Å². The number of para-hydroxylation sites is 3. The van der Waals surface area contributed by atoms with E-state index in [0.717, 1.165) is 39.1 Å². The number of hydrogen-bond acceptors (Lipinski definition) is 2. The molecule has 3 nitrogen and oxygen atoms in total. The Morgan fingerprint density at radius 1 is 0.583 bits per heavy atom. The Kier molecular flexibility index (Phi) is 7.10. The lowest BCUT2D eigenvalue weighted by Crippen LogP contribution is -2.16. The number of halogens is 1. The van der Waals surface area contributed by atoms with Gasteiger partial charge in [-0.3, -0.25) is 4.57 Å². The van der Waals surface area contributed by atoms with Gasteiger partial charge in [0.25, 0.3) is 0 Å². The van der Waals surface area contributed by atoms with Crippen LogP contribution in [0, 0.1) is 0 Å². The topological polar surface area (TPSA) is 30.7 Å². The number of imidazole rings is 1. The van der Waals surface area contributed by atoms with Crippen molar-refractivity contribution in [2.24, 2.45) is 0 Å². The molecule has 6 aromatic carbocycles. The van der Waals surface area contributed by atoms with Crippen LogP contribution in [0.3, 0.4) is 0 Å². The van der Waals surface area contributed by atoms with E-state index in [1.165, 1.54) is 50.1 Å². The standard InChI is InChI=1S/C44H30BrN3/c45-41-25-24-35(28-46-41)43-38-27-32(22-23-33(38)26-34-12-9-15-37(42(34)43)30-10-3-1-4-11-30)29-18-20-31(21-19-29)44-47-39-16-7-8-17-40(39)48(44)36-13-5-2-6-14-36/h1-25,27-28,43H,26H2. The van der Waals surface area contributed by atoms with Crippen molar-refractivity contribution in [1.29, 1.82) is 0 Å². The molecule has 8 aromatic rings. The van der Waals surface area contributed by atoms with Crippen molar-refractivity contribution in [3.05, 3.63) is 196 Å². The first-order chi connectivity index (χ1) is 23.7. The molecule has 1 aliphatic rings. The largest absolute Gasteiger partial charge is 0.292 e. The van der Waals surface area contributed by atoms with Crippen molar-refractivity contribution in [3.8, 4) is 39.3 Å². The summed E-state index contributed by atoms with van der Waals surface area (Å²) in [6, 6.07) is 56.5. The second-order valence-corrected chi connectivity index (χ2v) is 13.2. The molecule has 0 saturated carbocycles. The van der Waals surface area contributed by atoms with E-state index in [-0.39, 0.29) is 5.92 Å². The average molecular weight is 681 g/mol. The number of aromatic nitrogens is 3. The van der Waals surface area contributed by atoms with Gasteiger partial charge >= 0.3 is 0 Å². The molecule has 228 valence electrons. The second-order valence-electron chi connectivity index (χ2n) is 12.4. The quantitative estimate of drug-likeness (QED) is 0.169. The monoisotopic (exact) mass is 679 g/mol. The molecule has 1 atom stereocenters. The molecule has 0 aliphatic heterocycles. The SMILES string of the molecule is Brc1ccc(C2c3cc(-c4ccc(-c5nc6ccccc6n5-c5ccccc5)cc4)ccc3Cc3cccc(-c4ccccc4)c32)cn1. The Labute approximate surface area is 288 Å². The van der Waals surface area contributed by atoms with Crippen LogP contribution in [0.1, 0.15) is 33.7 Å². The van der Waals surface area contributed by atoms with Crippen molar-refractivity contribution >= 4 is 27.0 Å². The maximum absolute atomic E-state index is 5.08. The number of pyridine rings is 1. The number of fused-ring (bicyclic) bond motifs is 3. The van der Waals surface area contributed by atoms with Gasteiger partial charge in [0.1, 0.15) is 10.4 Å². The van der Waals surface area contributed by atoms with Crippen LogP contribution >= 0.6 is 15.9 Å². The highest BCUT2D eigenvalue weighted by atomic mass is 79.9. The maximum Gasteiger partial charge on any atom is 0.145 e. The van der Waals surface area contributed by atoms with Crippen molar-refractivity contribution in [2.75, 3.05) is 0 Å². The molecule has 0 spiro atoms. The van der Waals surface area contributed by atoms with Crippen molar-refractivity contribution in [1.82, 2.24) is 14.5 Å². The highest BCUT2D eigenvalue weighted by Gasteiger charge is 2.30. The Bertz CT molecular complexity index is 2410. The van der Waals surface area contributed by atoms with Crippen LogP contribution in [0.25, 0.3) is 50.4 Å². The fraction of sp³-hybridized carbons (Fsp3) is 0.0455. The van der Waals surface area contributed by atoms with Crippen molar-refractivity contribution < 1.29 is 0 Å². The molecule has 2 aromatic heterocycles. The molecule has 0 amide bonds. The fourth-order valence-electron chi connectivity index (χ4n) is 7.32. The number of benzene rings is 6. The Morgan fingerprint density at radius 2 is 1.31 bits per heavy atom. The molecular weight excluding hydrogens is 650 g/mol. The van der Waals surface area contributed by atoms with Gasteiger partial charge in [0, 0.05) is 23.4 Å². The molecule has 4 heteroatoms. The molecule has 0 bridgehead atoms. The zero-order chi connectivity index (χ0) is 32.0. The van der Waals surface area contributed by atoms with Crippen molar-refractivity contribution in [2.45, 2.75) is 12.3 Å². The van der Waals surface area contributed by atoms with E-state index < -0.39 is 0 Å². The molecule has 0 N–H and O–H groups in total. The van der Waals surface area contributed by atoms with Crippen LogP contribution in [-0.2, 0) is 6.42 Å². The summed E-state index contributed by atoms with van der Waals surface area (Å²) in [6.45, 7) is 0. The van der Waals surface area contributed by atoms with Gasteiger partial charge in [-0.25, -0.2) is 9.97 Å². The number of rotatable bonds is 5.